The van der Waals surface area contributed by atoms with Crippen LogP contribution >= 0.6 is 0 Å². The second-order valence-electron chi connectivity index (χ2n) is 8.98. The van der Waals surface area contributed by atoms with Crippen LogP contribution in [0.4, 0.5) is 0 Å². The van der Waals surface area contributed by atoms with Crippen molar-refractivity contribution in [3.63, 3.8) is 0 Å². The van der Waals surface area contributed by atoms with E-state index in [1.165, 1.54) is 0 Å². The number of rotatable bonds is 3. The van der Waals surface area contributed by atoms with Gasteiger partial charge in [0.2, 0.25) is 10.4 Å². The summed E-state index contributed by atoms with van der Waals surface area (Å²) in [6.45, 7) is 1.97. The zero-order valence-corrected chi connectivity index (χ0v) is 20.1. The molecule has 0 aliphatic heterocycles. The summed E-state index contributed by atoms with van der Waals surface area (Å²) in [7, 11) is -4.76. The van der Waals surface area contributed by atoms with Crippen molar-refractivity contribution in [1.29, 1.82) is 0 Å². The van der Waals surface area contributed by atoms with Gasteiger partial charge in [0.25, 0.3) is 0 Å². The average molecular weight is 423 g/mol. The molecule has 4 aliphatic rings. The van der Waals surface area contributed by atoms with Crippen molar-refractivity contribution < 1.29 is 78.4 Å². The Bertz CT molecular complexity index is 749. The maximum atomic E-state index is 12.5. The van der Waals surface area contributed by atoms with Crippen molar-refractivity contribution >= 4 is 16.2 Å². The van der Waals surface area contributed by atoms with Crippen LogP contribution in [0.25, 0.3) is 0 Å². The molecule has 0 aromatic carbocycles. The van der Waals surface area contributed by atoms with Crippen LogP contribution in [-0.4, -0.2) is 36.6 Å². The molecule has 0 saturated heterocycles. The zero-order chi connectivity index (χ0) is 18.7. The van der Waals surface area contributed by atoms with Crippen LogP contribution in [0.5, 0.6) is 0 Å². The van der Waals surface area contributed by atoms with Gasteiger partial charge >= 0.3 is 51.4 Å². The third-order valence-electron chi connectivity index (χ3n) is 7.97. The molecule has 4 rings (SSSR count). The quantitative estimate of drug-likeness (QED) is 0.280. The van der Waals surface area contributed by atoms with Gasteiger partial charge in [-0.2, -0.15) is 0 Å². The number of fused-ring (bicyclic) bond motifs is 5. The minimum atomic E-state index is -4.76. The number of hydrogen-bond donors (Lipinski definition) is 1. The molecule has 4 aliphatic carbocycles. The van der Waals surface area contributed by atoms with Gasteiger partial charge in [-0.05, 0) is 62.7 Å². The number of aliphatic hydroxyl groups is 1. The van der Waals surface area contributed by atoms with Crippen molar-refractivity contribution in [1.82, 2.24) is 0 Å². The first-order valence-electron chi connectivity index (χ1n) is 9.67. The molecule has 1 N–H and O–H groups in total. The van der Waals surface area contributed by atoms with Crippen LogP contribution < -0.4 is 51.4 Å². The Balaban J connectivity index is 0.00000210. The summed E-state index contributed by atoms with van der Waals surface area (Å²) in [5, 5.41) is 10.1. The molecular weight excluding hydrogens is 395 g/mol. The SMILES string of the molecule is CC12CCC3C(CC=C4CC(O)CCC43COS(=O)(=O)[O-])C1CCC2=O.[K+]. The molecule has 0 heterocycles. The van der Waals surface area contributed by atoms with Crippen LogP contribution in [0.2, 0.25) is 0 Å². The Morgan fingerprint density at radius 1 is 1.26 bits per heavy atom. The fraction of sp³-hybridized carbons (Fsp3) is 0.842. The van der Waals surface area contributed by atoms with Crippen LogP contribution in [0.15, 0.2) is 11.6 Å². The molecule has 0 amide bonds. The standard InChI is InChI=1S/C19H28O6S.K/c1-18-8-7-16-14(15(18)4-5-17(18)21)3-2-12-10-13(20)6-9-19(12,16)11-25-26(22,23)24;/h2,13-16,20H,3-11H2,1H3,(H,22,23,24);/q;+1/p-1. The second kappa shape index (κ2) is 7.85. The van der Waals surface area contributed by atoms with E-state index in [1.807, 2.05) is 0 Å². The molecule has 146 valence electrons. The average Bonchev–Trinajstić information content (AvgIpc) is 2.88. The summed E-state index contributed by atoms with van der Waals surface area (Å²) in [5.74, 6) is 1.21. The normalized spacial score (nSPS) is 43.8. The van der Waals surface area contributed by atoms with Gasteiger partial charge in [0.1, 0.15) is 5.78 Å². The Morgan fingerprint density at radius 3 is 2.70 bits per heavy atom. The molecule has 0 bridgehead atoms. The molecule has 6 nitrogen and oxygen atoms in total. The van der Waals surface area contributed by atoms with Crippen LogP contribution in [-0.2, 0) is 19.4 Å². The van der Waals surface area contributed by atoms with E-state index < -0.39 is 21.9 Å². The van der Waals surface area contributed by atoms with Crippen molar-refractivity contribution in [2.45, 2.75) is 64.4 Å². The molecule has 6 atom stereocenters. The molecule has 0 spiro atoms. The van der Waals surface area contributed by atoms with E-state index in [1.54, 1.807) is 0 Å². The first-order chi connectivity index (χ1) is 12.2. The van der Waals surface area contributed by atoms with E-state index in [2.05, 4.69) is 13.0 Å². The summed E-state index contributed by atoms with van der Waals surface area (Å²) >= 11 is 0. The fourth-order valence-electron chi connectivity index (χ4n) is 6.65. The maximum absolute atomic E-state index is 12.5. The van der Waals surface area contributed by atoms with Gasteiger partial charge in [-0.1, -0.05) is 18.6 Å². The van der Waals surface area contributed by atoms with E-state index in [9.17, 15) is 22.9 Å². The molecular formula is C19H27KO6S. The van der Waals surface area contributed by atoms with Gasteiger partial charge in [0.15, 0.2) is 0 Å². The largest absolute Gasteiger partial charge is 1.00 e. The van der Waals surface area contributed by atoms with E-state index in [0.29, 0.717) is 43.3 Å². The Hall–Kier alpha value is 0.876. The molecule has 0 aromatic heterocycles. The zero-order valence-electron chi connectivity index (χ0n) is 16.1. The maximum Gasteiger partial charge on any atom is 1.00 e. The molecule has 27 heavy (non-hydrogen) atoms. The third kappa shape index (κ3) is 3.83. The summed E-state index contributed by atoms with van der Waals surface area (Å²) in [5.41, 5.74) is 0.300. The Morgan fingerprint density at radius 2 is 2.00 bits per heavy atom. The molecule has 3 saturated carbocycles. The number of ketones is 1. The van der Waals surface area contributed by atoms with Crippen molar-refractivity contribution in [2.24, 2.45) is 28.6 Å². The molecule has 3 fully saturated rings. The minimum Gasteiger partial charge on any atom is -0.726 e. The number of hydrogen-bond acceptors (Lipinski definition) is 6. The van der Waals surface area contributed by atoms with Gasteiger partial charge in [0, 0.05) is 17.3 Å². The molecule has 6 unspecified atom stereocenters. The number of allylic oxidation sites excluding steroid dienone is 1. The molecule has 0 aromatic rings. The predicted molar refractivity (Wildman–Crippen MR) is 92.7 cm³/mol. The van der Waals surface area contributed by atoms with E-state index in [-0.39, 0.29) is 69.3 Å². The summed E-state index contributed by atoms with van der Waals surface area (Å²) in [6, 6.07) is 0. The van der Waals surface area contributed by atoms with Crippen LogP contribution in [0.3, 0.4) is 0 Å². The van der Waals surface area contributed by atoms with E-state index >= 15 is 0 Å². The predicted octanol–water partition coefficient (Wildman–Crippen LogP) is -0.660. The van der Waals surface area contributed by atoms with Crippen LogP contribution in [0, 0.1) is 28.6 Å². The summed E-state index contributed by atoms with van der Waals surface area (Å²) in [4.78, 5) is 12.5. The van der Waals surface area contributed by atoms with Crippen molar-refractivity contribution in [3.05, 3.63) is 11.6 Å². The van der Waals surface area contributed by atoms with Crippen LogP contribution in [0.1, 0.15) is 58.3 Å². The first kappa shape index (κ1) is 22.6. The molecule has 0 radical (unpaired) electrons. The van der Waals surface area contributed by atoms with E-state index in [4.69, 9.17) is 4.18 Å². The van der Waals surface area contributed by atoms with Gasteiger partial charge in [-0.3, -0.25) is 8.98 Å². The second-order valence-corrected chi connectivity index (χ2v) is 10.0. The smallest absolute Gasteiger partial charge is 0.726 e. The van der Waals surface area contributed by atoms with Crippen molar-refractivity contribution in [3.8, 4) is 0 Å². The molecule has 8 heteroatoms. The monoisotopic (exact) mass is 422 g/mol. The number of carbonyl (C=O) groups excluding carboxylic acids is 1. The minimum absolute atomic E-state index is 0. The summed E-state index contributed by atoms with van der Waals surface area (Å²) < 4.78 is 38.3. The van der Waals surface area contributed by atoms with Crippen molar-refractivity contribution in [2.75, 3.05) is 6.61 Å². The van der Waals surface area contributed by atoms with Gasteiger partial charge < -0.3 is 9.66 Å². The van der Waals surface area contributed by atoms with E-state index in [0.717, 1.165) is 31.3 Å². The Labute approximate surface area is 203 Å². The first-order valence-corrected chi connectivity index (χ1v) is 11.0. The van der Waals surface area contributed by atoms with Gasteiger partial charge in [-0.25, -0.2) is 8.42 Å². The third-order valence-corrected chi connectivity index (χ3v) is 8.38. The fourth-order valence-corrected chi connectivity index (χ4v) is 7.01. The van der Waals surface area contributed by atoms with Gasteiger partial charge in [0.05, 0.1) is 12.7 Å². The Kier molecular flexibility index (Phi) is 6.56. The van der Waals surface area contributed by atoms with Gasteiger partial charge in [-0.15, -0.1) is 0 Å². The number of aliphatic hydroxyl groups excluding tert-OH is 1. The number of carbonyl (C=O) groups is 1. The topological polar surface area (TPSA) is 104 Å². The number of Topliss-reactive ketones (excluding diaryl/α,β-unsaturated/α-hetero) is 1. The summed E-state index contributed by atoms with van der Waals surface area (Å²) in [6.07, 6.45) is 7.53.